The topological polar surface area (TPSA) is 55.4 Å². The standard InChI is InChI=1S/C24H30N2O3.HI/c1-4-26(15-9-13-20(16-26)19-11-6-5-7-12-19)17-22(27)25-23-18(2)10-8-14-21(23)24(28)29-3;/h5-8,10-12,14,20H,4,9,13,15-17H2,1-3H3;1H. The number of piperidine rings is 1. The summed E-state index contributed by atoms with van der Waals surface area (Å²) in [5.74, 6) is -0.0210. The van der Waals surface area contributed by atoms with Gasteiger partial charge in [-0.2, -0.15) is 0 Å². The number of nitrogens with zero attached hydrogens (tertiary/aromatic N) is 1. The van der Waals surface area contributed by atoms with E-state index >= 15 is 0 Å². The fourth-order valence-electron chi connectivity index (χ4n) is 4.46. The lowest BCUT2D eigenvalue weighted by Gasteiger charge is -2.43. The first kappa shape index (κ1) is 24.3. The molecule has 30 heavy (non-hydrogen) atoms. The smallest absolute Gasteiger partial charge is 0.339 e. The molecule has 0 spiro atoms. The normalized spacial score (nSPS) is 20.7. The largest absolute Gasteiger partial charge is 1.00 e. The van der Waals surface area contributed by atoms with Crippen LogP contribution in [0.3, 0.4) is 0 Å². The van der Waals surface area contributed by atoms with Crippen LogP contribution >= 0.6 is 0 Å². The Labute approximate surface area is 196 Å². The van der Waals surface area contributed by atoms with Gasteiger partial charge in [0.15, 0.2) is 6.54 Å². The van der Waals surface area contributed by atoms with E-state index in [4.69, 9.17) is 4.74 Å². The number of likely N-dealkylation sites (tertiary alicyclic amines) is 1. The van der Waals surface area contributed by atoms with Gasteiger partial charge in [0.05, 0.1) is 38.0 Å². The first-order valence-corrected chi connectivity index (χ1v) is 10.4. The number of hydrogen-bond acceptors (Lipinski definition) is 3. The zero-order chi connectivity index (χ0) is 20.9. The number of carbonyl (C=O) groups excluding carboxylic acids is 2. The van der Waals surface area contributed by atoms with Gasteiger partial charge in [0.2, 0.25) is 0 Å². The minimum atomic E-state index is -0.439. The maximum absolute atomic E-state index is 13.0. The van der Waals surface area contributed by atoms with Crippen molar-refractivity contribution in [3.8, 4) is 0 Å². The molecule has 0 aromatic heterocycles. The molecule has 5 nitrogen and oxygen atoms in total. The van der Waals surface area contributed by atoms with Gasteiger partial charge < -0.3 is 38.5 Å². The SMILES string of the molecule is CC[N+]1(CC(=O)Nc2c(C)cccc2C(=O)OC)CCCC(c2ccccc2)C1.[I-]. The van der Waals surface area contributed by atoms with Crippen molar-refractivity contribution < 1.29 is 42.8 Å². The van der Waals surface area contributed by atoms with Crippen molar-refractivity contribution in [3.63, 3.8) is 0 Å². The molecule has 1 fully saturated rings. The number of rotatable bonds is 6. The summed E-state index contributed by atoms with van der Waals surface area (Å²) in [5, 5.41) is 3.00. The summed E-state index contributed by atoms with van der Waals surface area (Å²) >= 11 is 0. The summed E-state index contributed by atoms with van der Waals surface area (Å²) in [5.41, 5.74) is 3.15. The van der Waals surface area contributed by atoms with Crippen molar-refractivity contribution in [2.75, 3.05) is 38.6 Å². The number of hydrogen-bond donors (Lipinski definition) is 1. The Morgan fingerprint density at radius 1 is 1.13 bits per heavy atom. The van der Waals surface area contributed by atoms with Crippen molar-refractivity contribution in [1.82, 2.24) is 0 Å². The Kier molecular flexibility index (Phi) is 8.85. The van der Waals surface area contributed by atoms with E-state index in [-0.39, 0.29) is 29.9 Å². The Hall–Kier alpha value is -1.93. The number of methoxy groups -OCH3 is 1. The van der Waals surface area contributed by atoms with Crippen LogP contribution in [0.4, 0.5) is 5.69 Å². The van der Waals surface area contributed by atoms with Crippen LogP contribution in [-0.4, -0.2) is 49.6 Å². The molecular formula is C24H31IN2O3. The van der Waals surface area contributed by atoms with Gasteiger partial charge in [-0.3, -0.25) is 4.79 Å². The van der Waals surface area contributed by atoms with Crippen LogP contribution in [0.25, 0.3) is 0 Å². The number of halogens is 1. The number of quaternary nitrogens is 1. The molecular weight excluding hydrogens is 491 g/mol. The van der Waals surface area contributed by atoms with Gasteiger partial charge in [-0.25, -0.2) is 4.79 Å². The highest BCUT2D eigenvalue weighted by Crippen LogP contribution is 2.31. The average Bonchev–Trinajstić information content (AvgIpc) is 2.75. The highest BCUT2D eigenvalue weighted by atomic mass is 127. The minimum Gasteiger partial charge on any atom is -1.00 e. The number of amides is 1. The van der Waals surface area contributed by atoms with E-state index in [9.17, 15) is 9.59 Å². The molecule has 162 valence electrons. The van der Waals surface area contributed by atoms with Crippen LogP contribution in [-0.2, 0) is 9.53 Å². The Morgan fingerprint density at radius 2 is 1.87 bits per heavy atom. The lowest BCUT2D eigenvalue weighted by atomic mass is 9.89. The number of aryl methyl sites for hydroxylation is 1. The van der Waals surface area contributed by atoms with Gasteiger partial charge in [0.1, 0.15) is 0 Å². The molecule has 1 heterocycles. The van der Waals surface area contributed by atoms with E-state index in [2.05, 4.69) is 36.5 Å². The van der Waals surface area contributed by atoms with Crippen molar-refractivity contribution in [1.29, 1.82) is 0 Å². The molecule has 1 saturated heterocycles. The number of para-hydroxylation sites is 1. The van der Waals surface area contributed by atoms with Crippen molar-refractivity contribution >= 4 is 17.6 Å². The molecule has 2 unspecified atom stereocenters. The number of nitrogens with one attached hydrogen (secondary N) is 1. The fraction of sp³-hybridized carbons (Fsp3) is 0.417. The van der Waals surface area contributed by atoms with Gasteiger partial charge in [-0.05, 0) is 43.9 Å². The van der Waals surface area contributed by atoms with Crippen LogP contribution in [0.2, 0.25) is 0 Å². The maximum Gasteiger partial charge on any atom is 0.339 e. The molecule has 1 aliphatic rings. The lowest BCUT2D eigenvalue weighted by Crippen LogP contribution is -3.00. The highest BCUT2D eigenvalue weighted by molar-refractivity contribution is 6.02. The van der Waals surface area contributed by atoms with Gasteiger partial charge in [0.25, 0.3) is 5.91 Å². The highest BCUT2D eigenvalue weighted by Gasteiger charge is 2.36. The van der Waals surface area contributed by atoms with Crippen molar-refractivity contribution in [2.45, 2.75) is 32.6 Å². The van der Waals surface area contributed by atoms with Gasteiger partial charge in [0, 0.05) is 5.92 Å². The Bertz CT molecular complexity index is 872. The predicted octanol–water partition coefficient (Wildman–Crippen LogP) is 1.14. The molecule has 1 amide bonds. The van der Waals surface area contributed by atoms with Crippen LogP contribution in [0.5, 0.6) is 0 Å². The summed E-state index contributed by atoms with van der Waals surface area (Å²) in [6.07, 6.45) is 2.27. The van der Waals surface area contributed by atoms with Crippen LogP contribution in [0.1, 0.15) is 47.2 Å². The summed E-state index contributed by atoms with van der Waals surface area (Å²) in [7, 11) is 1.35. The molecule has 3 rings (SSSR count). The third kappa shape index (κ3) is 5.60. The molecule has 1 aliphatic heterocycles. The average molecular weight is 522 g/mol. The van der Waals surface area contributed by atoms with E-state index in [1.165, 1.54) is 12.7 Å². The van der Waals surface area contributed by atoms with E-state index in [0.29, 0.717) is 23.7 Å². The fourth-order valence-corrected chi connectivity index (χ4v) is 4.46. The molecule has 6 heteroatoms. The summed E-state index contributed by atoms with van der Waals surface area (Å²) in [6, 6.07) is 16.0. The molecule has 0 bridgehead atoms. The second-order valence-electron chi connectivity index (χ2n) is 8.01. The van der Waals surface area contributed by atoms with E-state index in [1.807, 2.05) is 19.1 Å². The Balaban J connectivity index is 0.00000320. The summed E-state index contributed by atoms with van der Waals surface area (Å²) in [4.78, 5) is 25.1. The molecule has 1 N–H and O–H groups in total. The molecule has 0 radical (unpaired) electrons. The van der Waals surface area contributed by atoms with Crippen LogP contribution in [0, 0.1) is 6.92 Å². The third-order valence-electron chi connectivity index (χ3n) is 6.16. The maximum atomic E-state index is 13.0. The van der Waals surface area contributed by atoms with E-state index in [0.717, 1.165) is 42.5 Å². The number of esters is 1. The summed E-state index contributed by atoms with van der Waals surface area (Å²) < 4.78 is 5.64. The first-order valence-electron chi connectivity index (χ1n) is 10.4. The molecule has 2 atom stereocenters. The van der Waals surface area contributed by atoms with Crippen molar-refractivity contribution in [2.24, 2.45) is 0 Å². The number of carbonyl (C=O) groups is 2. The molecule has 2 aromatic carbocycles. The van der Waals surface area contributed by atoms with Gasteiger partial charge in [-0.15, -0.1) is 0 Å². The number of anilines is 1. The van der Waals surface area contributed by atoms with Crippen LogP contribution < -0.4 is 29.3 Å². The second-order valence-corrected chi connectivity index (χ2v) is 8.01. The van der Waals surface area contributed by atoms with Crippen LogP contribution in [0.15, 0.2) is 48.5 Å². The minimum absolute atomic E-state index is 0. The van der Waals surface area contributed by atoms with E-state index in [1.54, 1.807) is 12.1 Å². The number of ether oxygens (including phenoxy) is 1. The number of benzene rings is 2. The molecule has 0 aliphatic carbocycles. The van der Waals surface area contributed by atoms with Crippen molar-refractivity contribution in [3.05, 3.63) is 65.2 Å². The summed E-state index contributed by atoms with van der Waals surface area (Å²) in [6.45, 7) is 7.34. The predicted molar refractivity (Wildman–Crippen MR) is 115 cm³/mol. The monoisotopic (exact) mass is 522 g/mol. The zero-order valence-corrected chi connectivity index (χ0v) is 20.1. The second kappa shape index (κ2) is 10.9. The van der Waals surface area contributed by atoms with E-state index < -0.39 is 5.97 Å². The van der Waals surface area contributed by atoms with Gasteiger partial charge in [-0.1, -0.05) is 42.5 Å². The lowest BCUT2D eigenvalue weighted by molar-refractivity contribution is -0.924. The quantitative estimate of drug-likeness (QED) is 0.352. The molecule has 2 aromatic rings. The first-order chi connectivity index (χ1) is 14.0. The van der Waals surface area contributed by atoms with Gasteiger partial charge >= 0.3 is 5.97 Å². The third-order valence-corrected chi connectivity index (χ3v) is 6.16. The Morgan fingerprint density at radius 3 is 2.53 bits per heavy atom. The molecule has 0 saturated carbocycles. The number of likely N-dealkylation sites (N-methyl/N-ethyl adjacent to an activating group) is 1. The zero-order valence-electron chi connectivity index (χ0n) is 18.0.